The minimum atomic E-state index is 0.659. The summed E-state index contributed by atoms with van der Waals surface area (Å²) in [6.45, 7) is 3.98. The summed E-state index contributed by atoms with van der Waals surface area (Å²) in [5.41, 5.74) is 2.99. The van der Waals surface area contributed by atoms with Gasteiger partial charge in [0.25, 0.3) is 0 Å². The molecule has 0 atom stereocenters. The van der Waals surface area contributed by atoms with Crippen molar-refractivity contribution in [2.75, 3.05) is 0 Å². The van der Waals surface area contributed by atoms with Gasteiger partial charge >= 0.3 is 0 Å². The van der Waals surface area contributed by atoms with E-state index in [4.69, 9.17) is 5.21 Å². The van der Waals surface area contributed by atoms with E-state index in [0.717, 1.165) is 12.0 Å². The molecule has 0 aliphatic heterocycles. The highest BCUT2D eigenvalue weighted by molar-refractivity contribution is 5.98. The molecule has 1 N–H and O–H groups in total. The first-order valence-electron chi connectivity index (χ1n) is 5.06. The van der Waals surface area contributed by atoms with E-state index in [1.807, 2.05) is 12.1 Å². The Kier molecular flexibility index (Phi) is 4.17. The number of benzene rings is 1. The van der Waals surface area contributed by atoms with Crippen LogP contribution in [0.4, 0.5) is 0 Å². The van der Waals surface area contributed by atoms with Crippen LogP contribution in [-0.2, 0) is 6.42 Å². The molecule has 0 saturated heterocycles. The molecule has 0 aliphatic rings. The Morgan fingerprint density at radius 1 is 1.29 bits per heavy atom. The SMILES string of the molecule is CCCCc1ccc(/C(C)=N\O)cc1. The molecule has 1 aromatic carbocycles. The second kappa shape index (κ2) is 5.43. The minimum absolute atomic E-state index is 0.659. The second-order valence-electron chi connectivity index (χ2n) is 3.49. The summed E-state index contributed by atoms with van der Waals surface area (Å²) in [5.74, 6) is 0. The number of oxime groups is 1. The highest BCUT2D eigenvalue weighted by atomic mass is 16.4. The van der Waals surface area contributed by atoms with Gasteiger partial charge in [-0.1, -0.05) is 42.8 Å². The number of hydrogen-bond donors (Lipinski definition) is 1. The van der Waals surface area contributed by atoms with Crippen LogP contribution < -0.4 is 0 Å². The molecule has 0 bridgehead atoms. The molecule has 0 saturated carbocycles. The van der Waals surface area contributed by atoms with Crippen molar-refractivity contribution in [3.8, 4) is 0 Å². The molecule has 14 heavy (non-hydrogen) atoms. The number of rotatable bonds is 4. The van der Waals surface area contributed by atoms with E-state index in [-0.39, 0.29) is 0 Å². The Labute approximate surface area is 85.3 Å². The third-order valence-electron chi connectivity index (χ3n) is 2.34. The van der Waals surface area contributed by atoms with Crippen molar-refractivity contribution in [2.24, 2.45) is 5.16 Å². The zero-order valence-electron chi connectivity index (χ0n) is 8.83. The van der Waals surface area contributed by atoms with E-state index in [1.165, 1.54) is 18.4 Å². The zero-order valence-corrected chi connectivity index (χ0v) is 8.83. The van der Waals surface area contributed by atoms with Gasteiger partial charge in [0.15, 0.2) is 0 Å². The first kappa shape index (κ1) is 10.8. The first-order chi connectivity index (χ1) is 6.77. The molecule has 2 nitrogen and oxygen atoms in total. The summed E-state index contributed by atoms with van der Waals surface area (Å²) in [6, 6.07) is 8.19. The maximum atomic E-state index is 8.59. The van der Waals surface area contributed by atoms with Crippen LogP contribution in [0, 0.1) is 0 Å². The lowest BCUT2D eigenvalue weighted by Crippen LogP contribution is -1.94. The molecule has 1 aromatic rings. The smallest absolute Gasteiger partial charge is 0.0836 e. The van der Waals surface area contributed by atoms with E-state index in [9.17, 15) is 0 Å². The average Bonchev–Trinajstić information content (AvgIpc) is 2.26. The fourth-order valence-electron chi connectivity index (χ4n) is 1.35. The Bertz CT molecular complexity index is 301. The van der Waals surface area contributed by atoms with Crippen molar-refractivity contribution in [2.45, 2.75) is 33.1 Å². The molecule has 0 aliphatic carbocycles. The van der Waals surface area contributed by atoms with Gasteiger partial charge in [-0.25, -0.2) is 0 Å². The topological polar surface area (TPSA) is 32.6 Å². The summed E-state index contributed by atoms with van der Waals surface area (Å²) < 4.78 is 0. The largest absolute Gasteiger partial charge is 0.411 e. The van der Waals surface area contributed by atoms with Crippen molar-refractivity contribution in [3.05, 3.63) is 35.4 Å². The van der Waals surface area contributed by atoms with Gasteiger partial charge in [0.05, 0.1) is 5.71 Å². The van der Waals surface area contributed by atoms with Crippen LogP contribution in [0.1, 0.15) is 37.8 Å². The average molecular weight is 191 g/mol. The first-order valence-corrected chi connectivity index (χ1v) is 5.06. The monoisotopic (exact) mass is 191 g/mol. The van der Waals surface area contributed by atoms with Crippen molar-refractivity contribution in [1.82, 2.24) is 0 Å². The highest BCUT2D eigenvalue weighted by Gasteiger charge is 1.97. The van der Waals surface area contributed by atoms with Gasteiger partial charge in [0.2, 0.25) is 0 Å². The number of nitrogens with zero attached hydrogens (tertiary/aromatic N) is 1. The molecular formula is C12H17NO. The maximum Gasteiger partial charge on any atom is 0.0836 e. The van der Waals surface area contributed by atoms with Crippen LogP contribution in [0.15, 0.2) is 29.4 Å². The molecular weight excluding hydrogens is 174 g/mol. The zero-order chi connectivity index (χ0) is 10.4. The molecule has 0 radical (unpaired) electrons. The van der Waals surface area contributed by atoms with Crippen LogP contribution in [-0.4, -0.2) is 10.9 Å². The molecule has 0 aromatic heterocycles. The number of unbranched alkanes of at least 4 members (excludes halogenated alkanes) is 1. The Hall–Kier alpha value is -1.31. The molecule has 76 valence electrons. The predicted octanol–water partition coefficient (Wildman–Crippen LogP) is 3.23. The standard InChI is InChI=1S/C12H17NO/c1-3-4-5-11-6-8-12(9-7-11)10(2)13-14/h6-9,14H,3-5H2,1-2H3/b13-10-. The Morgan fingerprint density at radius 2 is 1.93 bits per heavy atom. The van der Waals surface area contributed by atoms with Crippen LogP contribution in [0.3, 0.4) is 0 Å². The van der Waals surface area contributed by atoms with E-state index in [2.05, 4.69) is 24.2 Å². The quantitative estimate of drug-likeness (QED) is 0.442. The molecule has 0 heterocycles. The Morgan fingerprint density at radius 3 is 2.43 bits per heavy atom. The summed E-state index contributed by atoms with van der Waals surface area (Å²) in [7, 11) is 0. The molecule has 0 spiro atoms. The minimum Gasteiger partial charge on any atom is -0.411 e. The van der Waals surface area contributed by atoms with Gasteiger partial charge in [-0.3, -0.25) is 0 Å². The van der Waals surface area contributed by atoms with Crippen LogP contribution >= 0.6 is 0 Å². The normalized spacial score (nSPS) is 11.7. The third-order valence-corrected chi connectivity index (χ3v) is 2.34. The molecule has 0 amide bonds. The fraction of sp³-hybridized carbons (Fsp3) is 0.417. The lowest BCUT2D eigenvalue weighted by atomic mass is 10.0. The van der Waals surface area contributed by atoms with E-state index >= 15 is 0 Å². The lowest BCUT2D eigenvalue weighted by Gasteiger charge is -2.02. The van der Waals surface area contributed by atoms with Gasteiger partial charge in [-0.2, -0.15) is 0 Å². The van der Waals surface area contributed by atoms with Gasteiger partial charge in [0.1, 0.15) is 0 Å². The molecule has 1 rings (SSSR count). The fourth-order valence-corrected chi connectivity index (χ4v) is 1.35. The van der Waals surface area contributed by atoms with E-state index in [1.54, 1.807) is 6.92 Å². The summed E-state index contributed by atoms with van der Waals surface area (Å²) in [4.78, 5) is 0. The van der Waals surface area contributed by atoms with Gasteiger partial charge in [-0.05, 0) is 30.9 Å². The summed E-state index contributed by atoms with van der Waals surface area (Å²) in [5, 5.41) is 11.8. The van der Waals surface area contributed by atoms with Gasteiger partial charge in [0, 0.05) is 0 Å². The van der Waals surface area contributed by atoms with Crippen molar-refractivity contribution < 1.29 is 5.21 Å². The third kappa shape index (κ3) is 2.87. The number of aryl methyl sites for hydroxylation is 1. The molecule has 2 heteroatoms. The van der Waals surface area contributed by atoms with Crippen LogP contribution in [0.25, 0.3) is 0 Å². The number of hydrogen-bond acceptors (Lipinski definition) is 2. The van der Waals surface area contributed by atoms with E-state index in [0.29, 0.717) is 5.71 Å². The second-order valence-corrected chi connectivity index (χ2v) is 3.49. The Balaban J connectivity index is 2.68. The van der Waals surface area contributed by atoms with Crippen LogP contribution in [0.5, 0.6) is 0 Å². The summed E-state index contributed by atoms with van der Waals surface area (Å²) >= 11 is 0. The molecule has 0 unspecified atom stereocenters. The van der Waals surface area contributed by atoms with Crippen LogP contribution in [0.2, 0.25) is 0 Å². The van der Waals surface area contributed by atoms with Crippen molar-refractivity contribution >= 4 is 5.71 Å². The maximum absolute atomic E-state index is 8.59. The van der Waals surface area contributed by atoms with Crippen molar-refractivity contribution in [1.29, 1.82) is 0 Å². The van der Waals surface area contributed by atoms with Gasteiger partial charge < -0.3 is 5.21 Å². The van der Waals surface area contributed by atoms with Crippen molar-refractivity contribution in [3.63, 3.8) is 0 Å². The van der Waals surface area contributed by atoms with E-state index < -0.39 is 0 Å². The lowest BCUT2D eigenvalue weighted by molar-refractivity contribution is 0.319. The van der Waals surface area contributed by atoms with Gasteiger partial charge in [-0.15, -0.1) is 0 Å². The molecule has 0 fully saturated rings. The predicted molar refractivity (Wildman–Crippen MR) is 59.1 cm³/mol. The highest BCUT2D eigenvalue weighted by Crippen LogP contribution is 2.08. The summed E-state index contributed by atoms with van der Waals surface area (Å²) in [6.07, 6.45) is 3.58.